The van der Waals surface area contributed by atoms with Crippen LogP contribution in [0.25, 0.3) is 0 Å². The van der Waals surface area contributed by atoms with E-state index in [9.17, 15) is 14.4 Å². The number of carbonyl (C=O) groups is 3. The second-order valence-corrected chi connectivity index (χ2v) is 7.13. The van der Waals surface area contributed by atoms with Gasteiger partial charge in [0.1, 0.15) is 6.04 Å². The largest absolute Gasteiger partial charge is 0.350 e. The number of benzene rings is 1. The van der Waals surface area contributed by atoms with Crippen LogP contribution in [0.5, 0.6) is 0 Å². The van der Waals surface area contributed by atoms with E-state index >= 15 is 0 Å². The number of piperidine rings is 1. The average Bonchev–Trinajstić information content (AvgIpc) is 3.05. The van der Waals surface area contributed by atoms with Crippen LogP contribution in [0.3, 0.4) is 0 Å². The van der Waals surface area contributed by atoms with Crippen molar-refractivity contribution in [2.75, 3.05) is 13.1 Å². The molecule has 6 heteroatoms. The Morgan fingerprint density at radius 1 is 1.12 bits per heavy atom. The Hall–Kier alpha value is -2.37. The first kappa shape index (κ1) is 18.4. The van der Waals surface area contributed by atoms with E-state index in [0.717, 1.165) is 43.4 Å². The molecule has 2 heterocycles. The molecule has 2 aliphatic rings. The van der Waals surface area contributed by atoms with Crippen LogP contribution in [0.1, 0.15) is 50.2 Å². The number of nitrogens with one attached hydrogen (secondary N) is 1. The maximum absolute atomic E-state index is 12.6. The van der Waals surface area contributed by atoms with Crippen LogP contribution in [0.2, 0.25) is 0 Å². The fraction of sp³-hybridized carbons (Fsp3) is 0.550. The first-order valence-corrected chi connectivity index (χ1v) is 9.45. The summed E-state index contributed by atoms with van der Waals surface area (Å²) in [6.45, 7) is 3.98. The summed E-state index contributed by atoms with van der Waals surface area (Å²) >= 11 is 0. The Bertz CT molecular complexity index is 689. The van der Waals surface area contributed by atoms with Crippen LogP contribution >= 0.6 is 0 Å². The molecule has 1 N–H and O–H groups in total. The third-order valence-electron chi connectivity index (χ3n) is 5.31. The number of amides is 3. The Morgan fingerprint density at radius 3 is 2.58 bits per heavy atom. The van der Waals surface area contributed by atoms with Gasteiger partial charge < -0.3 is 15.1 Å². The van der Waals surface area contributed by atoms with Gasteiger partial charge in [0.25, 0.3) is 0 Å². The van der Waals surface area contributed by atoms with Gasteiger partial charge in [-0.25, -0.2) is 0 Å². The molecule has 0 radical (unpaired) electrons. The Labute approximate surface area is 154 Å². The molecule has 1 atom stereocenters. The quantitative estimate of drug-likeness (QED) is 0.874. The van der Waals surface area contributed by atoms with Gasteiger partial charge in [0, 0.05) is 39.5 Å². The highest BCUT2D eigenvalue weighted by Gasteiger charge is 2.30. The summed E-state index contributed by atoms with van der Waals surface area (Å²) in [6, 6.07) is 7.53. The van der Waals surface area contributed by atoms with Gasteiger partial charge in [-0.2, -0.15) is 0 Å². The van der Waals surface area contributed by atoms with Gasteiger partial charge in [0.05, 0.1) is 0 Å². The van der Waals surface area contributed by atoms with Gasteiger partial charge in [-0.1, -0.05) is 24.3 Å². The lowest BCUT2D eigenvalue weighted by Gasteiger charge is -2.34. The number of rotatable bonds is 5. The van der Waals surface area contributed by atoms with Crippen LogP contribution in [0.15, 0.2) is 24.3 Å². The van der Waals surface area contributed by atoms with Crippen LogP contribution < -0.4 is 5.32 Å². The average molecular weight is 357 g/mol. The number of hydrogen-bond donors (Lipinski definition) is 1. The molecule has 0 spiro atoms. The van der Waals surface area contributed by atoms with Crippen molar-refractivity contribution in [2.24, 2.45) is 0 Å². The molecule has 140 valence electrons. The zero-order chi connectivity index (χ0) is 18.5. The normalized spacial score (nSPS) is 20.3. The zero-order valence-electron chi connectivity index (χ0n) is 15.4. The molecule has 0 bridgehead atoms. The molecule has 0 aliphatic carbocycles. The third-order valence-corrected chi connectivity index (χ3v) is 5.31. The predicted octanol–water partition coefficient (Wildman–Crippen LogP) is 1.83. The summed E-state index contributed by atoms with van der Waals surface area (Å²) < 4.78 is 0. The Balaban J connectivity index is 1.63. The van der Waals surface area contributed by atoms with Crippen molar-refractivity contribution in [3.8, 4) is 0 Å². The summed E-state index contributed by atoms with van der Waals surface area (Å²) in [5.41, 5.74) is 2.08. The second kappa shape index (κ2) is 8.34. The molecular formula is C20H27N3O3. The maximum atomic E-state index is 12.6. The molecule has 3 rings (SSSR count). The number of nitrogens with zero attached hydrogens (tertiary/aromatic N) is 2. The van der Waals surface area contributed by atoms with Crippen molar-refractivity contribution in [2.45, 2.75) is 58.2 Å². The summed E-state index contributed by atoms with van der Waals surface area (Å²) in [7, 11) is 0. The van der Waals surface area contributed by atoms with E-state index in [0.29, 0.717) is 26.1 Å². The molecule has 1 unspecified atom stereocenters. The summed E-state index contributed by atoms with van der Waals surface area (Å²) in [5, 5.41) is 2.99. The molecule has 3 amide bonds. The third kappa shape index (κ3) is 4.23. The minimum atomic E-state index is -0.367. The van der Waals surface area contributed by atoms with E-state index in [2.05, 4.69) is 5.32 Å². The highest BCUT2D eigenvalue weighted by Crippen LogP contribution is 2.19. The molecular weight excluding hydrogens is 330 g/mol. The van der Waals surface area contributed by atoms with Gasteiger partial charge in [0.2, 0.25) is 17.7 Å². The molecule has 1 aromatic carbocycles. The van der Waals surface area contributed by atoms with Crippen molar-refractivity contribution < 1.29 is 14.4 Å². The van der Waals surface area contributed by atoms with E-state index in [-0.39, 0.29) is 23.8 Å². The number of likely N-dealkylation sites (tertiary alicyclic amines) is 2. The van der Waals surface area contributed by atoms with Crippen molar-refractivity contribution in [3.63, 3.8) is 0 Å². The molecule has 0 saturated carbocycles. The fourth-order valence-electron chi connectivity index (χ4n) is 3.84. The maximum Gasteiger partial charge on any atom is 0.243 e. The van der Waals surface area contributed by atoms with Gasteiger partial charge in [-0.05, 0) is 36.8 Å². The van der Waals surface area contributed by atoms with Gasteiger partial charge in [-0.3, -0.25) is 14.4 Å². The van der Waals surface area contributed by atoms with Crippen molar-refractivity contribution in [3.05, 3.63) is 35.4 Å². The molecule has 1 aromatic rings. The van der Waals surface area contributed by atoms with E-state index in [1.54, 1.807) is 4.90 Å². The molecule has 0 aromatic heterocycles. The highest BCUT2D eigenvalue weighted by atomic mass is 16.2. The molecule has 2 fully saturated rings. The summed E-state index contributed by atoms with van der Waals surface area (Å²) in [5.74, 6) is 0.0629. The van der Waals surface area contributed by atoms with Gasteiger partial charge >= 0.3 is 0 Å². The van der Waals surface area contributed by atoms with Crippen molar-refractivity contribution >= 4 is 17.7 Å². The zero-order valence-corrected chi connectivity index (χ0v) is 15.4. The van der Waals surface area contributed by atoms with Crippen LogP contribution in [-0.2, 0) is 27.5 Å². The van der Waals surface area contributed by atoms with Gasteiger partial charge in [-0.15, -0.1) is 0 Å². The highest BCUT2D eigenvalue weighted by molar-refractivity contribution is 5.87. The second-order valence-electron chi connectivity index (χ2n) is 7.13. The topological polar surface area (TPSA) is 69.7 Å². The summed E-state index contributed by atoms with van der Waals surface area (Å²) in [4.78, 5) is 39.8. The molecule has 6 nitrogen and oxygen atoms in total. The predicted molar refractivity (Wildman–Crippen MR) is 98.0 cm³/mol. The fourth-order valence-corrected chi connectivity index (χ4v) is 3.84. The van der Waals surface area contributed by atoms with E-state index in [1.165, 1.54) is 6.92 Å². The molecule has 2 aliphatic heterocycles. The lowest BCUT2D eigenvalue weighted by Crippen LogP contribution is -2.51. The van der Waals surface area contributed by atoms with Gasteiger partial charge in [0.15, 0.2) is 0 Å². The van der Waals surface area contributed by atoms with Crippen LogP contribution in [0.4, 0.5) is 0 Å². The van der Waals surface area contributed by atoms with E-state index in [1.807, 2.05) is 29.2 Å². The van der Waals surface area contributed by atoms with Crippen LogP contribution in [0, 0.1) is 0 Å². The smallest absolute Gasteiger partial charge is 0.243 e. The minimum Gasteiger partial charge on any atom is -0.350 e. The number of carbonyl (C=O) groups excluding carboxylic acids is 3. The summed E-state index contributed by atoms with van der Waals surface area (Å²) in [6.07, 6.45) is 4.18. The molecule has 26 heavy (non-hydrogen) atoms. The lowest BCUT2D eigenvalue weighted by molar-refractivity contribution is -0.140. The van der Waals surface area contributed by atoms with Crippen molar-refractivity contribution in [1.29, 1.82) is 0 Å². The Morgan fingerprint density at radius 2 is 1.88 bits per heavy atom. The minimum absolute atomic E-state index is 0.0437. The first-order valence-electron chi connectivity index (χ1n) is 9.45. The Kier molecular flexibility index (Phi) is 5.91. The standard InChI is InChI=1S/C20H27N3O3/c1-15(24)23-12-5-4-9-18(23)20(26)21-13-16-7-2-3-8-17(16)14-22-11-6-10-19(22)25/h2-3,7-8,18H,4-6,9-14H2,1H3,(H,21,26). The van der Waals surface area contributed by atoms with Crippen LogP contribution in [-0.4, -0.2) is 46.7 Å². The molecule has 2 saturated heterocycles. The van der Waals surface area contributed by atoms with E-state index in [4.69, 9.17) is 0 Å². The SMILES string of the molecule is CC(=O)N1CCCCC1C(=O)NCc1ccccc1CN1CCCC1=O. The monoisotopic (exact) mass is 357 g/mol. The first-order chi connectivity index (χ1) is 12.6. The van der Waals surface area contributed by atoms with E-state index < -0.39 is 0 Å². The number of hydrogen-bond acceptors (Lipinski definition) is 3. The lowest BCUT2D eigenvalue weighted by atomic mass is 10.0. The van der Waals surface area contributed by atoms with Crippen molar-refractivity contribution in [1.82, 2.24) is 15.1 Å².